The predicted octanol–water partition coefficient (Wildman–Crippen LogP) is 2.66. The Hall–Kier alpha value is -2.24. The number of carboxylic acid groups (broad SMARTS) is 1. The standard InChI is InChI=1S/C15H20N2O4/c1-15(2)6-7-17(9-15)14(20)16-10-4-5-11(13(18)19)12(8-10)21-3/h4-5,8H,6-7,9H2,1-3H3,(H,16,20)(H,18,19). The Kier molecular flexibility index (Phi) is 4.06. The van der Waals surface area contributed by atoms with Crippen LogP contribution in [-0.2, 0) is 0 Å². The minimum absolute atomic E-state index is 0.0674. The molecule has 2 rings (SSSR count). The van der Waals surface area contributed by atoms with Gasteiger partial charge >= 0.3 is 12.0 Å². The number of amides is 2. The number of methoxy groups -OCH3 is 1. The normalized spacial score (nSPS) is 16.6. The molecule has 2 amide bonds. The molecule has 0 saturated carbocycles. The zero-order valence-corrected chi connectivity index (χ0v) is 12.5. The first-order valence-electron chi connectivity index (χ1n) is 6.80. The van der Waals surface area contributed by atoms with E-state index in [1.54, 1.807) is 11.0 Å². The number of nitrogens with zero attached hydrogens (tertiary/aromatic N) is 1. The molecular weight excluding hydrogens is 272 g/mol. The van der Waals surface area contributed by atoms with Gasteiger partial charge in [0, 0.05) is 24.8 Å². The third kappa shape index (κ3) is 3.45. The third-order valence-electron chi connectivity index (χ3n) is 3.65. The Morgan fingerprint density at radius 3 is 2.62 bits per heavy atom. The summed E-state index contributed by atoms with van der Waals surface area (Å²) in [4.78, 5) is 25.0. The molecule has 0 atom stereocenters. The molecule has 114 valence electrons. The Bertz CT molecular complexity index is 569. The van der Waals surface area contributed by atoms with Gasteiger partial charge in [0.1, 0.15) is 11.3 Å². The van der Waals surface area contributed by atoms with E-state index in [4.69, 9.17) is 9.84 Å². The molecule has 1 saturated heterocycles. The zero-order valence-electron chi connectivity index (χ0n) is 12.5. The van der Waals surface area contributed by atoms with Crippen LogP contribution >= 0.6 is 0 Å². The summed E-state index contributed by atoms with van der Waals surface area (Å²) in [6.07, 6.45) is 0.974. The highest BCUT2D eigenvalue weighted by molar-refractivity contribution is 5.94. The van der Waals surface area contributed by atoms with Crippen LogP contribution in [0, 0.1) is 5.41 Å². The predicted molar refractivity (Wildman–Crippen MR) is 78.9 cm³/mol. The van der Waals surface area contributed by atoms with Crippen molar-refractivity contribution < 1.29 is 19.4 Å². The van der Waals surface area contributed by atoms with Crippen LogP contribution in [-0.4, -0.2) is 42.2 Å². The molecule has 0 aromatic heterocycles. The molecule has 2 N–H and O–H groups in total. The lowest BCUT2D eigenvalue weighted by Gasteiger charge is -2.20. The number of urea groups is 1. The maximum Gasteiger partial charge on any atom is 0.339 e. The minimum Gasteiger partial charge on any atom is -0.496 e. The number of carbonyl (C=O) groups excluding carboxylic acids is 1. The molecule has 1 aliphatic heterocycles. The molecule has 1 aromatic carbocycles. The monoisotopic (exact) mass is 292 g/mol. The van der Waals surface area contributed by atoms with Crippen LogP contribution in [0.1, 0.15) is 30.6 Å². The molecule has 1 aromatic rings. The van der Waals surface area contributed by atoms with E-state index in [9.17, 15) is 9.59 Å². The van der Waals surface area contributed by atoms with Crippen molar-refractivity contribution in [3.05, 3.63) is 23.8 Å². The van der Waals surface area contributed by atoms with Gasteiger partial charge < -0.3 is 20.1 Å². The number of hydrogen-bond donors (Lipinski definition) is 2. The van der Waals surface area contributed by atoms with E-state index < -0.39 is 5.97 Å². The minimum atomic E-state index is -1.06. The summed E-state index contributed by atoms with van der Waals surface area (Å²) in [5.41, 5.74) is 0.728. The van der Waals surface area contributed by atoms with Crippen LogP contribution < -0.4 is 10.1 Å². The molecule has 1 aliphatic rings. The van der Waals surface area contributed by atoms with Gasteiger partial charge in [-0.25, -0.2) is 9.59 Å². The first-order valence-corrected chi connectivity index (χ1v) is 6.80. The molecule has 0 unspecified atom stereocenters. The number of carboxylic acids is 1. The van der Waals surface area contributed by atoms with Crippen LogP contribution in [0.2, 0.25) is 0 Å². The van der Waals surface area contributed by atoms with Gasteiger partial charge in [-0.3, -0.25) is 0 Å². The molecular formula is C15H20N2O4. The van der Waals surface area contributed by atoms with Gasteiger partial charge in [-0.05, 0) is 24.0 Å². The van der Waals surface area contributed by atoms with Crippen molar-refractivity contribution in [2.45, 2.75) is 20.3 Å². The largest absolute Gasteiger partial charge is 0.496 e. The Labute approximate surface area is 123 Å². The van der Waals surface area contributed by atoms with E-state index in [-0.39, 0.29) is 22.8 Å². The second kappa shape index (κ2) is 5.63. The number of rotatable bonds is 3. The maximum absolute atomic E-state index is 12.2. The van der Waals surface area contributed by atoms with Crippen LogP contribution in [0.5, 0.6) is 5.75 Å². The van der Waals surface area contributed by atoms with Crippen LogP contribution in [0.15, 0.2) is 18.2 Å². The van der Waals surface area contributed by atoms with Gasteiger partial charge in [-0.2, -0.15) is 0 Å². The first kappa shape index (κ1) is 15.2. The molecule has 0 spiro atoms. The van der Waals surface area contributed by atoms with Crippen molar-refractivity contribution in [2.24, 2.45) is 5.41 Å². The van der Waals surface area contributed by atoms with E-state index >= 15 is 0 Å². The number of nitrogens with one attached hydrogen (secondary N) is 1. The van der Waals surface area contributed by atoms with Gasteiger partial charge in [0.2, 0.25) is 0 Å². The fourth-order valence-electron chi connectivity index (χ4n) is 2.43. The number of ether oxygens (including phenoxy) is 1. The van der Waals surface area contributed by atoms with Crippen molar-refractivity contribution >= 4 is 17.7 Å². The summed E-state index contributed by atoms with van der Waals surface area (Å²) < 4.78 is 5.04. The molecule has 0 radical (unpaired) electrons. The number of anilines is 1. The van der Waals surface area contributed by atoms with E-state index in [0.717, 1.165) is 13.0 Å². The summed E-state index contributed by atoms with van der Waals surface area (Å²) in [5.74, 6) is -0.840. The highest BCUT2D eigenvalue weighted by Crippen LogP contribution is 2.29. The average Bonchev–Trinajstić information content (AvgIpc) is 2.78. The lowest BCUT2D eigenvalue weighted by molar-refractivity contribution is 0.0693. The average molecular weight is 292 g/mol. The number of carbonyl (C=O) groups is 2. The molecule has 6 heteroatoms. The van der Waals surface area contributed by atoms with Crippen molar-refractivity contribution in [1.29, 1.82) is 0 Å². The first-order chi connectivity index (χ1) is 9.82. The lowest BCUT2D eigenvalue weighted by Crippen LogP contribution is -2.34. The van der Waals surface area contributed by atoms with Crippen molar-refractivity contribution in [1.82, 2.24) is 4.90 Å². The Morgan fingerprint density at radius 2 is 2.10 bits per heavy atom. The second-order valence-electron chi connectivity index (χ2n) is 5.99. The number of benzene rings is 1. The highest BCUT2D eigenvalue weighted by atomic mass is 16.5. The summed E-state index contributed by atoms with van der Waals surface area (Å²) in [7, 11) is 1.40. The van der Waals surface area contributed by atoms with E-state index in [1.807, 2.05) is 0 Å². The maximum atomic E-state index is 12.2. The van der Waals surface area contributed by atoms with Crippen LogP contribution in [0.3, 0.4) is 0 Å². The smallest absolute Gasteiger partial charge is 0.339 e. The van der Waals surface area contributed by atoms with Crippen molar-refractivity contribution in [2.75, 3.05) is 25.5 Å². The SMILES string of the molecule is COc1cc(NC(=O)N2CCC(C)(C)C2)ccc1C(=O)O. The topological polar surface area (TPSA) is 78.9 Å². The van der Waals surface area contributed by atoms with E-state index in [1.165, 1.54) is 19.2 Å². The fraction of sp³-hybridized carbons (Fsp3) is 0.467. The summed E-state index contributed by atoms with van der Waals surface area (Å²) in [6.45, 7) is 5.70. The zero-order chi connectivity index (χ0) is 15.6. The van der Waals surface area contributed by atoms with Crippen molar-refractivity contribution in [3.8, 4) is 5.75 Å². The lowest BCUT2D eigenvalue weighted by atomic mass is 9.93. The number of likely N-dealkylation sites (tertiary alicyclic amines) is 1. The molecule has 0 aliphatic carbocycles. The molecule has 0 bridgehead atoms. The second-order valence-corrected chi connectivity index (χ2v) is 5.99. The third-order valence-corrected chi connectivity index (χ3v) is 3.65. The molecule has 6 nitrogen and oxygen atoms in total. The highest BCUT2D eigenvalue weighted by Gasteiger charge is 2.32. The Morgan fingerprint density at radius 1 is 1.38 bits per heavy atom. The molecule has 21 heavy (non-hydrogen) atoms. The summed E-state index contributed by atoms with van der Waals surface area (Å²) >= 11 is 0. The van der Waals surface area contributed by atoms with Crippen LogP contribution in [0.25, 0.3) is 0 Å². The van der Waals surface area contributed by atoms with Crippen molar-refractivity contribution in [3.63, 3.8) is 0 Å². The molecule has 1 heterocycles. The van der Waals surface area contributed by atoms with Crippen LogP contribution in [0.4, 0.5) is 10.5 Å². The van der Waals surface area contributed by atoms with Gasteiger partial charge in [0.05, 0.1) is 7.11 Å². The molecule has 1 fully saturated rings. The quantitative estimate of drug-likeness (QED) is 0.897. The fourth-order valence-corrected chi connectivity index (χ4v) is 2.43. The summed E-state index contributed by atoms with van der Waals surface area (Å²) in [5, 5.41) is 11.8. The van der Waals surface area contributed by atoms with E-state index in [2.05, 4.69) is 19.2 Å². The van der Waals surface area contributed by atoms with Gasteiger partial charge in [0.15, 0.2) is 0 Å². The van der Waals surface area contributed by atoms with E-state index in [0.29, 0.717) is 12.2 Å². The number of hydrogen-bond acceptors (Lipinski definition) is 3. The van der Waals surface area contributed by atoms with Gasteiger partial charge in [0.25, 0.3) is 0 Å². The Balaban J connectivity index is 2.10. The summed E-state index contributed by atoms with van der Waals surface area (Å²) in [6, 6.07) is 4.32. The van der Waals surface area contributed by atoms with Gasteiger partial charge in [-0.15, -0.1) is 0 Å². The number of aromatic carboxylic acids is 1. The van der Waals surface area contributed by atoms with Gasteiger partial charge in [-0.1, -0.05) is 13.8 Å².